The van der Waals surface area contributed by atoms with Gasteiger partial charge in [-0.3, -0.25) is 4.79 Å². The van der Waals surface area contributed by atoms with Crippen LogP contribution < -0.4 is 10.1 Å². The van der Waals surface area contributed by atoms with Crippen molar-refractivity contribution in [3.05, 3.63) is 65.2 Å². The molecule has 3 heteroatoms. The van der Waals surface area contributed by atoms with Gasteiger partial charge in [0.15, 0.2) is 6.10 Å². The molecule has 0 heterocycles. The van der Waals surface area contributed by atoms with Gasteiger partial charge in [-0.05, 0) is 49.4 Å². The summed E-state index contributed by atoms with van der Waals surface area (Å²) in [5.74, 6) is 1.03. The lowest BCUT2D eigenvalue weighted by molar-refractivity contribution is -0.127. The van der Waals surface area contributed by atoms with Crippen molar-refractivity contribution in [3.63, 3.8) is 0 Å². The molecule has 2 rings (SSSR count). The molecular weight excluding hydrogens is 298 g/mol. The number of carbonyl (C=O) groups is 1. The molecule has 2 aromatic carbocycles. The molecule has 0 aliphatic rings. The molecule has 0 fully saturated rings. The highest BCUT2D eigenvalue weighted by Gasteiger charge is 2.19. The Bertz CT molecular complexity index is 679. The van der Waals surface area contributed by atoms with Crippen molar-refractivity contribution in [2.45, 2.75) is 52.7 Å². The Labute approximate surface area is 145 Å². The van der Waals surface area contributed by atoms with E-state index in [2.05, 4.69) is 31.3 Å². The van der Waals surface area contributed by atoms with Gasteiger partial charge >= 0.3 is 0 Å². The third-order valence-corrected chi connectivity index (χ3v) is 4.12. The number of hydrogen-bond donors (Lipinski definition) is 1. The summed E-state index contributed by atoms with van der Waals surface area (Å²) in [6, 6.07) is 16.0. The molecule has 2 aromatic rings. The average Bonchev–Trinajstić information content (AvgIpc) is 2.55. The smallest absolute Gasteiger partial charge is 0.261 e. The zero-order valence-corrected chi connectivity index (χ0v) is 15.2. The molecule has 1 amide bonds. The third kappa shape index (κ3) is 4.60. The van der Waals surface area contributed by atoms with Crippen LogP contribution in [0.4, 0.5) is 0 Å². The van der Waals surface area contributed by atoms with E-state index >= 15 is 0 Å². The van der Waals surface area contributed by atoms with Gasteiger partial charge in [-0.15, -0.1) is 0 Å². The first kappa shape index (κ1) is 18.1. The highest BCUT2D eigenvalue weighted by atomic mass is 16.5. The van der Waals surface area contributed by atoms with Crippen LogP contribution in [0.15, 0.2) is 48.5 Å². The Balaban J connectivity index is 2.05. The minimum Gasteiger partial charge on any atom is -0.481 e. The van der Waals surface area contributed by atoms with Crippen LogP contribution in [0.5, 0.6) is 5.75 Å². The molecule has 2 atom stereocenters. The van der Waals surface area contributed by atoms with E-state index in [-0.39, 0.29) is 11.9 Å². The minimum absolute atomic E-state index is 0.0492. The van der Waals surface area contributed by atoms with Crippen LogP contribution in [0.1, 0.15) is 56.3 Å². The second kappa shape index (κ2) is 8.00. The maximum Gasteiger partial charge on any atom is 0.261 e. The first-order valence-electron chi connectivity index (χ1n) is 8.51. The Kier molecular flexibility index (Phi) is 6.02. The Morgan fingerprint density at radius 1 is 1.00 bits per heavy atom. The van der Waals surface area contributed by atoms with Gasteiger partial charge in [0.2, 0.25) is 0 Å². The maximum absolute atomic E-state index is 12.5. The first-order valence-corrected chi connectivity index (χ1v) is 8.51. The molecule has 128 valence electrons. The summed E-state index contributed by atoms with van der Waals surface area (Å²) in [4.78, 5) is 12.5. The van der Waals surface area contributed by atoms with E-state index in [9.17, 15) is 4.79 Å². The van der Waals surface area contributed by atoms with Gasteiger partial charge in [0.25, 0.3) is 5.91 Å². The lowest BCUT2D eigenvalue weighted by Crippen LogP contribution is -2.37. The van der Waals surface area contributed by atoms with Crippen LogP contribution in [-0.4, -0.2) is 12.0 Å². The molecule has 1 N–H and O–H groups in total. The summed E-state index contributed by atoms with van der Waals surface area (Å²) < 4.78 is 5.97. The number of rotatable bonds is 6. The van der Waals surface area contributed by atoms with E-state index in [1.165, 1.54) is 0 Å². The van der Waals surface area contributed by atoms with Crippen LogP contribution in [0.3, 0.4) is 0 Å². The molecule has 0 bridgehead atoms. The van der Waals surface area contributed by atoms with Crippen molar-refractivity contribution in [1.29, 1.82) is 0 Å². The van der Waals surface area contributed by atoms with Crippen molar-refractivity contribution in [2.75, 3.05) is 0 Å². The summed E-state index contributed by atoms with van der Waals surface area (Å²) in [7, 11) is 0. The molecule has 0 saturated carbocycles. The van der Waals surface area contributed by atoms with Crippen LogP contribution in [0.25, 0.3) is 0 Å². The number of aryl methyl sites for hydroxylation is 1. The number of benzene rings is 2. The highest BCUT2D eigenvalue weighted by molar-refractivity contribution is 5.81. The van der Waals surface area contributed by atoms with Crippen LogP contribution in [0, 0.1) is 6.92 Å². The van der Waals surface area contributed by atoms with E-state index < -0.39 is 6.10 Å². The summed E-state index contributed by atoms with van der Waals surface area (Å²) in [5.41, 5.74) is 3.33. The zero-order valence-electron chi connectivity index (χ0n) is 15.2. The van der Waals surface area contributed by atoms with Gasteiger partial charge in [0, 0.05) is 0 Å². The van der Waals surface area contributed by atoms with Gasteiger partial charge in [-0.25, -0.2) is 0 Å². The number of nitrogens with one attached hydrogen (secondary N) is 1. The Morgan fingerprint density at radius 3 is 2.29 bits per heavy atom. The predicted octanol–water partition coefficient (Wildman–Crippen LogP) is 4.76. The predicted molar refractivity (Wildman–Crippen MR) is 98.4 cm³/mol. The molecule has 0 aliphatic heterocycles. The van der Waals surface area contributed by atoms with Crippen molar-refractivity contribution in [1.82, 2.24) is 5.32 Å². The molecule has 3 nitrogen and oxygen atoms in total. The lowest BCUT2D eigenvalue weighted by Gasteiger charge is -2.21. The molecular formula is C21H27NO2. The van der Waals surface area contributed by atoms with Gasteiger partial charge in [0.05, 0.1) is 6.04 Å². The normalized spacial score (nSPS) is 13.4. The number of hydrogen-bond acceptors (Lipinski definition) is 2. The van der Waals surface area contributed by atoms with Crippen LogP contribution in [0.2, 0.25) is 0 Å². The summed E-state index contributed by atoms with van der Waals surface area (Å²) in [6.45, 7) is 10.0. The van der Waals surface area contributed by atoms with Gasteiger partial charge < -0.3 is 10.1 Å². The fourth-order valence-electron chi connectivity index (χ4n) is 2.62. The van der Waals surface area contributed by atoms with E-state index in [1.54, 1.807) is 6.92 Å². The molecule has 0 saturated heterocycles. The average molecular weight is 325 g/mol. The number of ether oxygens (including phenoxy) is 1. The number of amides is 1. The Hall–Kier alpha value is -2.29. The van der Waals surface area contributed by atoms with Gasteiger partial charge in [-0.1, -0.05) is 56.3 Å². The molecule has 0 aromatic heterocycles. The molecule has 0 aliphatic carbocycles. The molecule has 24 heavy (non-hydrogen) atoms. The van der Waals surface area contributed by atoms with E-state index in [4.69, 9.17) is 4.74 Å². The van der Waals surface area contributed by atoms with Crippen molar-refractivity contribution in [2.24, 2.45) is 0 Å². The standard InChI is InChI=1S/C21H27NO2/c1-14(2)19-12-11-15(3)13-20(19)24-17(5)21(23)22-16(4)18-9-7-6-8-10-18/h6-14,16-17H,1-5H3,(H,22,23)/t16-,17-/m1/s1. The first-order chi connectivity index (χ1) is 11.4. The van der Waals surface area contributed by atoms with Crippen LogP contribution in [-0.2, 0) is 4.79 Å². The molecule has 0 unspecified atom stereocenters. The van der Waals surface area contributed by atoms with Gasteiger partial charge in [-0.2, -0.15) is 0 Å². The zero-order chi connectivity index (χ0) is 17.7. The molecule has 0 spiro atoms. The third-order valence-electron chi connectivity index (χ3n) is 4.12. The second-order valence-corrected chi connectivity index (χ2v) is 6.60. The Morgan fingerprint density at radius 2 is 1.67 bits per heavy atom. The van der Waals surface area contributed by atoms with Crippen molar-refractivity contribution < 1.29 is 9.53 Å². The molecule has 0 radical (unpaired) electrons. The minimum atomic E-state index is -0.546. The topological polar surface area (TPSA) is 38.3 Å². The monoisotopic (exact) mass is 325 g/mol. The van der Waals surface area contributed by atoms with Crippen LogP contribution >= 0.6 is 0 Å². The number of carbonyl (C=O) groups excluding carboxylic acids is 1. The lowest BCUT2D eigenvalue weighted by atomic mass is 10.0. The quantitative estimate of drug-likeness (QED) is 0.831. The van der Waals surface area contributed by atoms with E-state index in [0.717, 1.165) is 22.4 Å². The van der Waals surface area contributed by atoms with Crippen molar-refractivity contribution >= 4 is 5.91 Å². The summed E-state index contributed by atoms with van der Waals surface area (Å²) in [5, 5.41) is 3.02. The summed E-state index contributed by atoms with van der Waals surface area (Å²) in [6.07, 6.45) is -0.546. The fraction of sp³-hybridized carbons (Fsp3) is 0.381. The van der Waals surface area contributed by atoms with E-state index in [0.29, 0.717) is 5.92 Å². The summed E-state index contributed by atoms with van der Waals surface area (Å²) >= 11 is 0. The highest BCUT2D eigenvalue weighted by Crippen LogP contribution is 2.28. The SMILES string of the molecule is Cc1ccc(C(C)C)c(O[C@H](C)C(=O)N[C@H](C)c2ccccc2)c1. The van der Waals surface area contributed by atoms with Gasteiger partial charge in [0.1, 0.15) is 5.75 Å². The van der Waals surface area contributed by atoms with Crippen molar-refractivity contribution in [3.8, 4) is 5.75 Å². The second-order valence-electron chi connectivity index (χ2n) is 6.60. The maximum atomic E-state index is 12.5. The largest absolute Gasteiger partial charge is 0.481 e. The fourth-order valence-corrected chi connectivity index (χ4v) is 2.62. The van der Waals surface area contributed by atoms with E-state index in [1.807, 2.05) is 50.2 Å².